The normalized spacial score (nSPS) is 22.5. The van der Waals surface area contributed by atoms with E-state index in [1.807, 2.05) is 19.9 Å². The van der Waals surface area contributed by atoms with E-state index in [4.69, 9.17) is 4.74 Å². The molecule has 1 fully saturated rings. The van der Waals surface area contributed by atoms with Gasteiger partial charge in [-0.3, -0.25) is 4.79 Å². The first-order valence-electron chi connectivity index (χ1n) is 6.38. The third kappa shape index (κ3) is 3.05. The Labute approximate surface area is 113 Å². The number of amides is 1. The number of nitrogens with one attached hydrogen (secondary N) is 2. The Hall–Kier alpha value is -1.59. The number of benzene rings is 1. The molecule has 3 N–H and O–H groups in total. The van der Waals surface area contributed by atoms with Crippen molar-refractivity contribution in [2.45, 2.75) is 32.4 Å². The number of carbonyl (C=O) groups excluding carboxylic acids is 1. The van der Waals surface area contributed by atoms with Crippen LogP contribution in [0.3, 0.4) is 0 Å². The number of hydrogen-bond donors (Lipinski definition) is 3. The SMILES string of the molecule is COC1CNC(C(=O)Nc2cc(C)cc(C)c2O)C1. The van der Waals surface area contributed by atoms with Gasteiger partial charge in [-0.1, -0.05) is 6.07 Å². The fraction of sp³-hybridized carbons (Fsp3) is 0.500. The van der Waals surface area contributed by atoms with Crippen LogP contribution >= 0.6 is 0 Å². The van der Waals surface area contributed by atoms with Crippen LogP contribution < -0.4 is 10.6 Å². The minimum atomic E-state index is -0.273. The highest BCUT2D eigenvalue weighted by atomic mass is 16.5. The van der Waals surface area contributed by atoms with Crippen molar-refractivity contribution in [2.75, 3.05) is 19.0 Å². The van der Waals surface area contributed by atoms with Gasteiger partial charge in [-0.05, 0) is 37.5 Å². The van der Waals surface area contributed by atoms with Crippen molar-refractivity contribution >= 4 is 11.6 Å². The lowest BCUT2D eigenvalue weighted by Crippen LogP contribution is -2.35. The van der Waals surface area contributed by atoms with E-state index in [1.54, 1.807) is 13.2 Å². The van der Waals surface area contributed by atoms with Gasteiger partial charge in [-0.15, -0.1) is 0 Å². The van der Waals surface area contributed by atoms with Gasteiger partial charge < -0.3 is 20.5 Å². The van der Waals surface area contributed by atoms with Crippen LogP contribution in [0.5, 0.6) is 5.75 Å². The summed E-state index contributed by atoms with van der Waals surface area (Å²) in [6.45, 7) is 4.41. The van der Waals surface area contributed by atoms with E-state index in [0.717, 1.165) is 11.1 Å². The number of carbonyl (C=O) groups is 1. The lowest BCUT2D eigenvalue weighted by Gasteiger charge is -2.14. The Bertz CT molecular complexity index is 488. The van der Waals surface area contributed by atoms with E-state index < -0.39 is 0 Å². The van der Waals surface area contributed by atoms with Crippen LogP contribution in [0.1, 0.15) is 17.5 Å². The van der Waals surface area contributed by atoms with Crippen LogP contribution in [-0.4, -0.2) is 36.8 Å². The molecule has 19 heavy (non-hydrogen) atoms. The van der Waals surface area contributed by atoms with Crippen LogP contribution in [-0.2, 0) is 9.53 Å². The van der Waals surface area contributed by atoms with Gasteiger partial charge in [0.05, 0.1) is 17.8 Å². The van der Waals surface area contributed by atoms with Crippen LogP contribution in [0.2, 0.25) is 0 Å². The van der Waals surface area contributed by atoms with Crippen LogP contribution in [0.15, 0.2) is 12.1 Å². The van der Waals surface area contributed by atoms with Crippen LogP contribution in [0.25, 0.3) is 0 Å². The molecule has 0 aromatic heterocycles. The molecule has 0 aliphatic carbocycles. The standard InChI is InChI=1S/C14H20N2O3/c1-8-4-9(2)13(17)11(5-8)16-14(18)12-6-10(19-3)7-15-12/h4-5,10,12,15,17H,6-7H2,1-3H3,(H,16,18). The summed E-state index contributed by atoms with van der Waals surface area (Å²) in [5.41, 5.74) is 2.22. The summed E-state index contributed by atoms with van der Waals surface area (Å²) in [5.74, 6) is -0.0138. The van der Waals surface area contributed by atoms with Gasteiger partial charge in [0.2, 0.25) is 5.91 Å². The second-order valence-electron chi connectivity index (χ2n) is 5.02. The number of rotatable bonds is 3. The summed E-state index contributed by atoms with van der Waals surface area (Å²) in [6, 6.07) is 3.37. The molecule has 0 radical (unpaired) electrons. The molecule has 1 aliphatic rings. The first-order chi connectivity index (χ1) is 9.01. The summed E-state index contributed by atoms with van der Waals surface area (Å²) in [7, 11) is 1.64. The largest absolute Gasteiger partial charge is 0.505 e. The fourth-order valence-corrected chi connectivity index (χ4v) is 2.36. The summed E-state index contributed by atoms with van der Waals surface area (Å²) in [6.07, 6.45) is 0.719. The fourth-order valence-electron chi connectivity index (χ4n) is 2.36. The highest BCUT2D eigenvalue weighted by Gasteiger charge is 2.29. The molecule has 1 amide bonds. The number of aryl methyl sites for hydroxylation is 2. The van der Waals surface area contributed by atoms with E-state index in [-0.39, 0.29) is 23.8 Å². The van der Waals surface area contributed by atoms with Crippen molar-refractivity contribution in [3.05, 3.63) is 23.3 Å². The van der Waals surface area contributed by atoms with Gasteiger partial charge in [0.15, 0.2) is 0 Å². The molecule has 2 atom stereocenters. The second-order valence-corrected chi connectivity index (χ2v) is 5.02. The van der Waals surface area contributed by atoms with Crippen molar-refractivity contribution in [1.29, 1.82) is 0 Å². The van der Waals surface area contributed by atoms with E-state index in [1.165, 1.54) is 0 Å². The summed E-state index contributed by atoms with van der Waals surface area (Å²) in [4.78, 5) is 12.1. The molecule has 0 bridgehead atoms. The molecule has 2 unspecified atom stereocenters. The van der Waals surface area contributed by atoms with Crippen LogP contribution in [0, 0.1) is 13.8 Å². The number of ether oxygens (including phenoxy) is 1. The third-order valence-corrected chi connectivity index (χ3v) is 3.44. The molecule has 1 aromatic rings. The van der Waals surface area contributed by atoms with Gasteiger partial charge >= 0.3 is 0 Å². The number of hydrogen-bond acceptors (Lipinski definition) is 4. The van der Waals surface area contributed by atoms with E-state index in [2.05, 4.69) is 10.6 Å². The highest BCUT2D eigenvalue weighted by Crippen LogP contribution is 2.29. The van der Waals surface area contributed by atoms with Gasteiger partial charge in [0.25, 0.3) is 0 Å². The molecule has 5 nitrogen and oxygen atoms in total. The van der Waals surface area contributed by atoms with Crippen molar-refractivity contribution in [2.24, 2.45) is 0 Å². The summed E-state index contributed by atoms with van der Waals surface area (Å²) in [5, 5.41) is 15.8. The maximum atomic E-state index is 12.1. The molecule has 0 saturated carbocycles. The predicted octanol–water partition coefficient (Wildman–Crippen LogP) is 1.32. The Morgan fingerprint density at radius 3 is 2.84 bits per heavy atom. The molecule has 1 heterocycles. The molecule has 2 rings (SSSR count). The zero-order chi connectivity index (χ0) is 14.0. The first-order valence-corrected chi connectivity index (χ1v) is 6.38. The Morgan fingerprint density at radius 2 is 2.21 bits per heavy atom. The number of anilines is 1. The second kappa shape index (κ2) is 5.59. The van der Waals surface area contributed by atoms with Crippen molar-refractivity contribution in [1.82, 2.24) is 5.32 Å². The average molecular weight is 264 g/mol. The molecule has 1 saturated heterocycles. The maximum absolute atomic E-state index is 12.1. The summed E-state index contributed by atoms with van der Waals surface area (Å²) < 4.78 is 5.21. The average Bonchev–Trinajstić information content (AvgIpc) is 2.84. The lowest BCUT2D eigenvalue weighted by molar-refractivity contribution is -0.118. The number of phenols is 1. The maximum Gasteiger partial charge on any atom is 0.241 e. The molecule has 1 aliphatic heterocycles. The van der Waals surface area contributed by atoms with Crippen LogP contribution in [0.4, 0.5) is 5.69 Å². The summed E-state index contributed by atoms with van der Waals surface area (Å²) >= 11 is 0. The number of methoxy groups -OCH3 is 1. The zero-order valence-electron chi connectivity index (χ0n) is 11.5. The molecular formula is C14H20N2O3. The third-order valence-electron chi connectivity index (χ3n) is 3.44. The van der Waals surface area contributed by atoms with Gasteiger partial charge in [-0.25, -0.2) is 0 Å². The number of aromatic hydroxyl groups is 1. The van der Waals surface area contributed by atoms with Gasteiger partial charge in [-0.2, -0.15) is 0 Å². The predicted molar refractivity (Wildman–Crippen MR) is 73.4 cm³/mol. The minimum Gasteiger partial charge on any atom is -0.505 e. The quantitative estimate of drug-likeness (QED) is 0.720. The smallest absolute Gasteiger partial charge is 0.241 e. The molecule has 1 aromatic carbocycles. The van der Waals surface area contributed by atoms with Gasteiger partial charge in [0, 0.05) is 13.7 Å². The monoisotopic (exact) mass is 264 g/mol. The molecule has 0 spiro atoms. The van der Waals surface area contributed by atoms with Crippen molar-refractivity contribution < 1.29 is 14.6 Å². The molecule has 104 valence electrons. The number of phenolic OH excluding ortho intramolecular Hbond substituents is 1. The molecular weight excluding hydrogens is 244 g/mol. The first kappa shape index (κ1) is 13.8. The minimum absolute atomic E-state index is 0.0728. The topological polar surface area (TPSA) is 70.6 Å². The Balaban J connectivity index is 2.07. The van der Waals surface area contributed by atoms with E-state index in [0.29, 0.717) is 18.7 Å². The van der Waals surface area contributed by atoms with Gasteiger partial charge in [0.1, 0.15) is 5.75 Å². The Kier molecular flexibility index (Phi) is 4.07. The van der Waals surface area contributed by atoms with E-state index in [9.17, 15) is 9.90 Å². The lowest BCUT2D eigenvalue weighted by atomic mass is 10.1. The Morgan fingerprint density at radius 1 is 1.47 bits per heavy atom. The van der Waals surface area contributed by atoms with E-state index >= 15 is 0 Å². The van der Waals surface area contributed by atoms with Crippen molar-refractivity contribution in [3.8, 4) is 5.75 Å². The zero-order valence-corrected chi connectivity index (χ0v) is 11.5. The highest BCUT2D eigenvalue weighted by molar-refractivity contribution is 5.96. The molecule has 5 heteroatoms. The van der Waals surface area contributed by atoms with Crippen molar-refractivity contribution in [3.63, 3.8) is 0 Å².